The molecule has 0 saturated carbocycles. The van der Waals surface area contributed by atoms with Crippen molar-refractivity contribution in [2.75, 3.05) is 11.6 Å². The molecule has 2 aromatic rings. The van der Waals surface area contributed by atoms with E-state index in [1.54, 1.807) is 12.3 Å². The number of benzene rings is 2. The highest BCUT2D eigenvalue weighted by Crippen LogP contribution is 2.20. The van der Waals surface area contributed by atoms with Crippen LogP contribution in [0.25, 0.3) is 0 Å². The van der Waals surface area contributed by atoms with Crippen molar-refractivity contribution in [1.82, 2.24) is 0 Å². The first-order valence-corrected chi connectivity index (χ1v) is 7.86. The van der Waals surface area contributed by atoms with E-state index in [-0.39, 0.29) is 6.04 Å². The van der Waals surface area contributed by atoms with E-state index in [2.05, 4.69) is 18.3 Å². The normalized spacial score (nSPS) is 13.2. The molecule has 2 atom stereocenters. The molecule has 0 amide bonds. The molecular formula is C16H16N2OS. The van der Waals surface area contributed by atoms with Crippen LogP contribution in [-0.4, -0.2) is 10.5 Å². The van der Waals surface area contributed by atoms with Gasteiger partial charge in [0.2, 0.25) is 0 Å². The average Bonchev–Trinajstić information content (AvgIpc) is 2.47. The minimum atomic E-state index is -0.949. The summed E-state index contributed by atoms with van der Waals surface area (Å²) in [7, 11) is -0.949. The molecule has 2 rings (SSSR count). The molecule has 0 aromatic heterocycles. The molecule has 0 aliphatic heterocycles. The molecule has 0 fully saturated rings. The Hall–Kier alpha value is -2.12. The van der Waals surface area contributed by atoms with Gasteiger partial charge in [0.25, 0.3) is 0 Å². The monoisotopic (exact) mass is 284 g/mol. The summed E-state index contributed by atoms with van der Waals surface area (Å²) in [5.41, 5.74) is 2.67. The molecule has 4 heteroatoms. The zero-order chi connectivity index (χ0) is 14.5. The van der Waals surface area contributed by atoms with E-state index in [1.807, 2.05) is 42.5 Å². The van der Waals surface area contributed by atoms with Crippen LogP contribution in [0.1, 0.15) is 24.1 Å². The zero-order valence-electron chi connectivity index (χ0n) is 11.5. The molecule has 0 radical (unpaired) electrons. The number of nitrogens with one attached hydrogen (secondary N) is 1. The fraction of sp³-hybridized carbons (Fsp3) is 0.188. The first-order valence-electron chi connectivity index (χ1n) is 6.30. The van der Waals surface area contributed by atoms with E-state index in [1.165, 1.54) is 0 Å². The van der Waals surface area contributed by atoms with Crippen molar-refractivity contribution in [2.45, 2.75) is 17.9 Å². The molecule has 3 nitrogen and oxygen atoms in total. The van der Waals surface area contributed by atoms with Crippen molar-refractivity contribution in [3.63, 3.8) is 0 Å². The van der Waals surface area contributed by atoms with Gasteiger partial charge in [-0.15, -0.1) is 0 Å². The maximum atomic E-state index is 11.4. The predicted molar refractivity (Wildman–Crippen MR) is 82.0 cm³/mol. The lowest BCUT2D eigenvalue weighted by Gasteiger charge is -2.16. The lowest BCUT2D eigenvalue weighted by Crippen LogP contribution is -2.06. The van der Waals surface area contributed by atoms with Gasteiger partial charge < -0.3 is 5.32 Å². The largest absolute Gasteiger partial charge is 0.378 e. The number of rotatable bonds is 4. The molecule has 0 spiro atoms. The number of hydrogen-bond acceptors (Lipinski definition) is 3. The van der Waals surface area contributed by atoms with E-state index in [4.69, 9.17) is 5.26 Å². The summed E-state index contributed by atoms with van der Waals surface area (Å²) in [6.45, 7) is 2.05. The topological polar surface area (TPSA) is 52.9 Å². The average molecular weight is 284 g/mol. The van der Waals surface area contributed by atoms with Crippen molar-refractivity contribution in [1.29, 1.82) is 5.26 Å². The van der Waals surface area contributed by atoms with Crippen molar-refractivity contribution in [3.8, 4) is 6.07 Å². The SMILES string of the molecule is CC(Nc1cccc(C#N)c1)c1ccc(S(C)=O)cc1. The molecule has 0 bridgehead atoms. The number of nitrogens with zero attached hydrogens (tertiary/aromatic N) is 1. The Bertz CT molecular complexity index is 659. The van der Waals surface area contributed by atoms with Gasteiger partial charge in [-0.25, -0.2) is 0 Å². The maximum absolute atomic E-state index is 11.4. The summed E-state index contributed by atoms with van der Waals surface area (Å²) < 4.78 is 11.4. The van der Waals surface area contributed by atoms with Gasteiger partial charge in [-0.05, 0) is 42.8 Å². The van der Waals surface area contributed by atoms with Gasteiger partial charge in [-0.2, -0.15) is 5.26 Å². The Morgan fingerprint density at radius 2 is 1.90 bits per heavy atom. The molecule has 2 aromatic carbocycles. The van der Waals surface area contributed by atoms with Gasteiger partial charge in [0.15, 0.2) is 0 Å². The summed E-state index contributed by atoms with van der Waals surface area (Å²) in [5, 5.41) is 12.2. The minimum absolute atomic E-state index is 0.114. The van der Waals surface area contributed by atoms with Gasteiger partial charge >= 0.3 is 0 Å². The van der Waals surface area contributed by atoms with Crippen LogP contribution < -0.4 is 5.32 Å². The Morgan fingerprint density at radius 1 is 1.20 bits per heavy atom. The van der Waals surface area contributed by atoms with Crippen molar-refractivity contribution < 1.29 is 4.21 Å². The maximum Gasteiger partial charge on any atom is 0.0992 e. The zero-order valence-corrected chi connectivity index (χ0v) is 12.3. The van der Waals surface area contributed by atoms with Crippen LogP contribution >= 0.6 is 0 Å². The van der Waals surface area contributed by atoms with Crippen molar-refractivity contribution in [2.24, 2.45) is 0 Å². The van der Waals surface area contributed by atoms with Gasteiger partial charge in [0.1, 0.15) is 0 Å². The van der Waals surface area contributed by atoms with Gasteiger partial charge in [0, 0.05) is 33.7 Å². The van der Waals surface area contributed by atoms with E-state index in [0.29, 0.717) is 5.56 Å². The third-order valence-electron chi connectivity index (χ3n) is 3.09. The molecule has 0 saturated heterocycles. The van der Waals surface area contributed by atoms with Gasteiger partial charge in [-0.3, -0.25) is 4.21 Å². The fourth-order valence-electron chi connectivity index (χ4n) is 1.96. The highest BCUT2D eigenvalue weighted by molar-refractivity contribution is 7.84. The van der Waals surface area contributed by atoms with Crippen LogP contribution in [0.2, 0.25) is 0 Å². The van der Waals surface area contributed by atoms with Crippen molar-refractivity contribution in [3.05, 3.63) is 59.7 Å². The molecule has 1 N–H and O–H groups in total. The number of nitriles is 1. The summed E-state index contributed by atoms with van der Waals surface area (Å²) in [5.74, 6) is 0. The van der Waals surface area contributed by atoms with Crippen LogP contribution in [0.5, 0.6) is 0 Å². The summed E-state index contributed by atoms with van der Waals surface area (Å²) in [6, 6.07) is 17.4. The van der Waals surface area contributed by atoms with Gasteiger partial charge in [-0.1, -0.05) is 18.2 Å². The first kappa shape index (κ1) is 14.3. The smallest absolute Gasteiger partial charge is 0.0992 e. The molecule has 2 unspecified atom stereocenters. The van der Waals surface area contributed by atoms with E-state index >= 15 is 0 Å². The second kappa shape index (κ2) is 6.36. The lowest BCUT2D eigenvalue weighted by atomic mass is 10.1. The molecular weight excluding hydrogens is 268 g/mol. The third-order valence-corrected chi connectivity index (χ3v) is 4.02. The highest BCUT2D eigenvalue weighted by Gasteiger charge is 2.06. The van der Waals surface area contributed by atoms with Crippen LogP contribution in [0.15, 0.2) is 53.4 Å². The van der Waals surface area contributed by atoms with Crippen LogP contribution in [0.3, 0.4) is 0 Å². The third kappa shape index (κ3) is 3.46. The fourth-order valence-corrected chi connectivity index (χ4v) is 2.48. The molecule has 20 heavy (non-hydrogen) atoms. The minimum Gasteiger partial charge on any atom is -0.378 e. The second-order valence-electron chi connectivity index (χ2n) is 4.58. The second-order valence-corrected chi connectivity index (χ2v) is 5.96. The number of hydrogen-bond donors (Lipinski definition) is 1. The number of anilines is 1. The molecule has 0 aliphatic rings. The van der Waals surface area contributed by atoms with E-state index in [0.717, 1.165) is 16.1 Å². The van der Waals surface area contributed by atoms with Crippen LogP contribution in [-0.2, 0) is 10.8 Å². The summed E-state index contributed by atoms with van der Waals surface area (Å²) >= 11 is 0. The van der Waals surface area contributed by atoms with Crippen LogP contribution in [0, 0.1) is 11.3 Å². The van der Waals surface area contributed by atoms with Crippen LogP contribution in [0.4, 0.5) is 5.69 Å². The summed E-state index contributed by atoms with van der Waals surface area (Å²) in [4.78, 5) is 0.826. The summed E-state index contributed by atoms with van der Waals surface area (Å²) in [6.07, 6.45) is 1.67. The standard InChI is InChI=1S/C16H16N2OS/c1-12(14-6-8-16(9-7-14)20(2)19)18-15-5-3-4-13(10-15)11-17/h3-10,12,18H,1-2H3. The van der Waals surface area contributed by atoms with E-state index in [9.17, 15) is 4.21 Å². The lowest BCUT2D eigenvalue weighted by molar-refractivity contribution is 0.686. The van der Waals surface area contributed by atoms with Crippen molar-refractivity contribution >= 4 is 16.5 Å². The Labute approximate surface area is 121 Å². The predicted octanol–water partition coefficient (Wildman–Crippen LogP) is 3.47. The quantitative estimate of drug-likeness (QED) is 0.935. The van der Waals surface area contributed by atoms with E-state index < -0.39 is 10.8 Å². The molecule has 0 aliphatic carbocycles. The van der Waals surface area contributed by atoms with Gasteiger partial charge in [0.05, 0.1) is 11.6 Å². The Morgan fingerprint density at radius 3 is 2.50 bits per heavy atom. The molecule has 0 heterocycles. The Balaban J connectivity index is 2.13. The first-order chi connectivity index (χ1) is 9.60. The Kier molecular flexibility index (Phi) is 4.54. The molecule has 102 valence electrons. The highest BCUT2D eigenvalue weighted by atomic mass is 32.2.